The summed E-state index contributed by atoms with van der Waals surface area (Å²) in [4.78, 5) is 48.1. The summed E-state index contributed by atoms with van der Waals surface area (Å²) in [7, 11) is 3.60. The standard InChI is InChI=1S/C40H34N10O5S2/c1-48-32-19-41-14-13-33(32)53-21-30(39(48)56)46-38(52)35-44-23-50(47-35)20-24-8-10-25(11-9-24)26-16-34-36(43-18-26)49(2)40(57)31(22-54-34)45-37(51)29-17-28(12-15-42-29)55-27-6-4-3-5-7-27/h3-19,23,30-31H,20-22H2,1-2H3,(H,45,51)(H,46,52)/t30-,31?/m0/s1. The van der Waals surface area contributed by atoms with Gasteiger partial charge in [-0.05, 0) is 35.4 Å². The van der Waals surface area contributed by atoms with Crippen LogP contribution in [0.5, 0.6) is 23.0 Å². The largest absolute Gasteiger partial charge is 0.489 e. The topological polar surface area (TPSA) is 162 Å². The maximum Gasteiger partial charge on any atom is 0.291 e. The predicted octanol–water partition coefficient (Wildman–Crippen LogP) is 4.88. The van der Waals surface area contributed by atoms with Gasteiger partial charge in [0.25, 0.3) is 11.8 Å². The van der Waals surface area contributed by atoms with Crippen LogP contribution >= 0.6 is 24.4 Å². The van der Waals surface area contributed by atoms with Crippen molar-refractivity contribution < 1.29 is 23.8 Å². The SMILES string of the molecule is CN1C(=S)[C@@H](NC(=O)c2ncn(Cc3ccc(-c4cnc5c(c4)OCC(NC(=O)c4cc(Oc6ccccc6)ccn4)C(=S)N5C)cc3)n2)COc2ccncc21. The highest BCUT2D eigenvalue weighted by atomic mass is 32.1. The number of rotatable bonds is 9. The zero-order valence-electron chi connectivity index (χ0n) is 30.6. The van der Waals surface area contributed by atoms with Gasteiger partial charge in [0.2, 0.25) is 5.82 Å². The monoisotopic (exact) mass is 798 g/mol. The Bertz CT molecular complexity index is 2480. The van der Waals surface area contributed by atoms with Gasteiger partial charge in [-0.1, -0.05) is 66.9 Å². The van der Waals surface area contributed by atoms with E-state index in [4.69, 9.17) is 38.6 Å². The zero-order chi connectivity index (χ0) is 39.5. The number of aromatic nitrogens is 6. The van der Waals surface area contributed by atoms with Crippen LogP contribution in [0.15, 0.2) is 110 Å². The van der Waals surface area contributed by atoms with Crippen molar-refractivity contribution in [2.45, 2.75) is 18.6 Å². The molecular weight excluding hydrogens is 765 g/mol. The minimum Gasteiger partial charge on any atom is -0.489 e. The van der Waals surface area contributed by atoms with Gasteiger partial charge in [0.1, 0.15) is 70.2 Å². The van der Waals surface area contributed by atoms with Crippen molar-refractivity contribution >= 4 is 57.7 Å². The molecule has 1 unspecified atom stereocenters. The van der Waals surface area contributed by atoms with Gasteiger partial charge in [0.15, 0.2) is 11.6 Å². The van der Waals surface area contributed by atoms with E-state index < -0.39 is 23.9 Å². The summed E-state index contributed by atoms with van der Waals surface area (Å²) in [5, 5.41) is 10.2. The van der Waals surface area contributed by atoms with Gasteiger partial charge >= 0.3 is 0 Å². The van der Waals surface area contributed by atoms with Crippen molar-refractivity contribution in [2.24, 2.45) is 0 Å². The number of nitrogens with one attached hydrogen (secondary N) is 2. The first-order chi connectivity index (χ1) is 27.7. The summed E-state index contributed by atoms with van der Waals surface area (Å²) in [6, 6.07) is 22.9. The summed E-state index contributed by atoms with van der Waals surface area (Å²) >= 11 is 11.4. The molecule has 0 bridgehead atoms. The van der Waals surface area contributed by atoms with E-state index in [-0.39, 0.29) is 24.7 Å². The number of amides is 2. The lowest BCUT2D eigenvalue weighted by atomic mass is 10.1. The molecule has 0 radical (unpaired) electrons. The Morgan fingerprint density at radius 1 is 0.772 bits per heavy atom. The fourth-order valence-electron chi connectivity index (χ4n) is 6.23. The lowest BCUT2D eigenvalue weighted by molar-refractivity contribution is 0.0921. The number of likely N-dealkylation sites (N-methyl/N-ethyl adjacent to an activating group) is 2. The van der Waals surface area contributed by atoms with Gasteiger partial charge in [-0.25, -0.2) is 14.6 Å². The van der Waals surface area contributed by atoms with Gasteiger partial charge in [0.05, 0.1) is 12.7 Å². The molecule has 2 amide bonds. The van der Waals surface area contributed by atoms with Crippen molar-refractivity contribution in [3.05, 3.63) is 127 Å². The number of hydrogen-bond acceptors (Lipinski definition) is 12. The molecule has 4 aromatic heterocycles. The molecule has 17 heteroatoms. The van der Waals surface area contributed by atoms with Crippen molar-refractivity contribution in [3.8, 4) is 34.1 Å². The molecule has 2 aliphatic rings. The van der Waals surface area contributed by atoms with Crippen molar-refractivity contribution in [1.82, 2.24) is 40.3 Å². The van der Waals surface area contributed by atoms with Crippen LogP contribution in [0.2, 0.25) is 0 Å². The summed E-state index contributed by atoms with van der Waals surface area (Å²) in [6.07, 6.45) is 8.08. The molecule has 286 valence electrons. The summed E-state index contributed by atoms with van der Waals surface area (Å²) in [5.41, 5.74) is 3.57. The molecule has 0 spiro atoms. The van der Waals surface area contributed by atoms with Crippen molar-refractivity contribution in [3.63, 3.8) is 0 Å². The molecule has 2 aromatic carbocycles. The van der Waals surface area contributed by atoms with E-state index in [9.17, 15) is 9.59 Å². The van der Waals surface area contributed by atoms with E-state index in [0.717, 1.165) is 22.4 Å². The average Bonchev–Trinajstić information content (AvgIpc) is 3.63. The number of pyridine rings is 3. The minimum absolute atomic E-state index is 0.0158. The Morgan fingerprint density at radius 3 is 2.30 bits per heavy atom. The van der Waals surface area contributed by atoms with E-state index in [0.29, 0.717) is 45.3 Å². The van der Waals surface area contributed by atoms with Gasteiger partial charge in [-0.15, -0.1) is 5.10 Å². The van der Waals surface area contributed by atoms with Crippen LogP contribution in [0.1, 0.15) is 26.7 Å². The van der Waals surface area contributed by atoms with E-state index in [1.807, 2.05) is 67.7 Å². The van der Waals surface area contributed by atoms with Crippen molar-refractivity contribution in [2.75, 3.05) is 37.1 Å². The third-order valence-electron chi connectivity index (χ3n) is 9.27. The summed E-state index contributed by atoms with van der Waals surface area (Å²) < 4.78 is 19.5. The number of fused-ring (bicyclic) bond motifs is 2. The third-order valence-corrected chi connectivity index (χ3v) is 10.4. The first-order valence-corrected chi connectivity index (χ1v) is 18.6. The molecule has 2 N–H and O–H groups in total. The Labute approximate surface area is 337 Å². The number of carbonyl (C=O) groups excluding carboxylic acids is 2. The molecule has 57 heavy (non-hydrogen) atoms. The van der Waals surface area contributed by atoms with Gasteiger partial charge in [-0.2, -0.15) is 0 Å². The average molecular weight is 799 g/mol. The molecule has 2 atom stereocenters. The van der Waals surface area contributed by atoms with Crippen LogP contribution in [-0.4, -0.2) is 90.9 Å². The molecular formula is C40H34N10O5S2. The molecule has 0 fully saturated rings. The summed E-state index contributed by atoms with van der Waals surface area (Å²) in [6.45, 7) is 0.638. The molecule has 6 heterocycles. The highest BCUT2D eigenvalue weighted by Crippen LogP contribution is 2.34. The van der Waals surface area contributed by atoms with Crippen LogP contribution in [0, 0.1) is 0 Å². The smallest absolute Gasteiger partial charge is 0.291 e. The maximum atomic E-state index is 13.3. The number of benzene rings is 2. The first kappa shape index (κ1) is 37.1. The number of thiocarbonyl (C=S) groups is 2. The molecule has 0 saturated heterocycles. The molecule has 15 nitrogen and oxygen atoms in total. The van der Waals surface area contributed by atoms with E-state index in [2.05, 4.69) is 35.7 Å². The molecule has 2 aliphatic heterocycles. The van der Waals surface area contributed by atoms with Crippen LogP contribution in [0.25, 0.3) is 11.1 Å². The first-order valence-electron chi connectivity index (χ1n) is 17.7. The normalized spacial score (nSPS) is 16.2. The number of ether oxygens (including phenoxy) is 3. The van der Waals surface area contributed by atoms with Crippen molar-refractivity contribution in [1.29, 1.82) is 0 Å². The summed E-state index contributed by atoms with van der Waals surface area (Å²) in [5.74, 6) is 1.94. The van der Waals surface area contributed by atoms with Crippen LogP contribution in [-0.2, 0) is 6.54 Å². The second-order valence-corrected chi connectivity index (χ2v) is 13.9. The molecule has 6 aromatic rings. The fraction of sp³-hybridized carbons (Fsp3) is 0.175. The lowest BCUT2D eigenvalue weighted by Gasteiger charge is -2.22. The Morgan fingerprint density at radius 2 is 1.51 bits per heavy atom. The molecule has 8 rings (SSSR count). The van der Waals surface area contributed by atoms with Gasteiger partial charge in [0, 0.05) is 50.4 Å². The zero-order valence-corrected chi connectivity index (χ0v) is 32.2. The van der Waals surface area contributed by atoms with Gasteiger partial charge in [-0.3, -0.25) is 19.6 Å². The van der Waals surface area contributed by atoms with E-state index >= 15 is 0 Å². The Balaban J connectivity index is 0.881. The van der Waals surface area contributed by atoms with Crippen LogP contribution in [0.4, 0.5) is 11.5 Å². The van der Waals surface area contributed by atoms with Crippen LogP contribution < -0.4 is 34.6 Å². The lowest BCUT2D eigenvalue weighted by Crippen LogP contribution is -2.48. The predicted molar refractivity (Wildman–Crippen MR) is 219 cm³/mol. The van der Waals surface area contributed by atoms with E-state index in [1.54, 1.807) is 58.3 Å². The fourth-order valence-corrected chi connectivity index (χ4v) is 6.67. The Kier molecular flexibility index (Phi) is 10.5. The number of para-hydroxylation sites is 1. The number of anilines is 2. The van der Waals surface area contributed by atoms with E-state index in [1.165, 1.54) is 12.5 Å². The second-order valence-electron chi connectivity index (χ2n) is 13.1. The number of hydrogen-bond donors (Lipinski definition) is 2. The molecule has 0 saturated carbocycles. The van der Waals surface area contributed by atoms with Gasteiger partial charge < -0.3 is 34.6 Å². The number of nitrogens with zero attached hydrogens (tertiary/aromatic N) is 8. The highest BCUT2D eigenvalue weighted by molar-refractivity contribution is 7.81. The quantitative estimate of drug-likeness (QED) is 0.191. The van der Waals surface area contributed by atoms with Crippen LogP contribution in [0.3, 0.4) is 0 Å². The minimum atomic E-state index is -0.626. The maximum absolute atomic E-state index is 13.3. The second kappa shape index (κ2) is 16.1. The third kappa shape index (κ3) is 8.10. The molecule has 0 aliphatic carbocycles. The Hall–Kier alpha value is -6.85. The number of carbonyl (C=O) groups is 2. The highest BCUT2D eigenvalue weighted by Gasteiger charge is 2.30.